The Bertz CT molecular complexity index is 776. The van der Waals surface area contributed by atoms with E-state index in [0.717, 1.165) is 23.4 Å². The van der Waals surface area contributed by atoms with Gasteiger partial charge in [0.1, 0.15) is 0 Å². The van der Waals surface area contributed by atoms with Crippen LogP contribution in [0.15, 0.2) is 42.5 Å². The van der Waals surface area contributed by atoms with Gasteiger partial charge in [0, 0.05) is 35.8 Å². The average molecular weight is 373 g/mol. The fourth-order valence-electron chi connectivity index (χ4n) is 4.73. The van der Waals surface area contributed by atoms with Gasteiger partial charge in [-0.3, -0.25) is 4.90 Å². The van der Waals surface area contributed by atoms with Crippen molar-refractivity contribution in [3.8, 4) is 0 Å². The Kier molecular flexibility index (Phi) is 5.18. The molecule has 0 fully saturated rings. The molecule has 3 N–H and O–H groups in total. The van der Waals surface area contributed by atoms with E-state index < -0.39 is 0 Å². The Balaban J connectivity index is 1.71. The molecular weight excluding hydrogens is 348 g/mol. The molecule has 3 unspecified atom stereocenters. The topological polar surface area (TPSA) is 55.7 Å². The maximum atomic E-state index is 9.43. The largest absolute Gasteiger partial charge is 0.395 e. The summed E-state index contributed by atoms with van der Waals surface area (Å²) in [5.74, 6) is 0.405. The van der Waals surface area contributed by atoms with Crippen molar-refractivity contribution in [3.63, 3.8) is 0 Å². The van der Waals surface area contributed by atoms with Gasteiger partial charge >= 0.3 is 0 Å². The fraction of sp³-hybridized carbons (Fsp3) is 0.429. The van der Waals surface area contributed by atoms with E-state index in [1.807, 2.05) is 18.2 Å². The van der Waals surface area contributed by atoms with Crippen LogP contribution in [0.4, 0.5) is 5.69 Å². The number of aliphatic hydroxyl groups excluding tert-OH is 2. The van der Waals surface area contributed by atoms with Crippen LogP contribution >= 0.6 is 11.6 Å². The molecule has 0 aromatic heterocycles. The van der Waals surface area contributed by atoms with Crippen LogP contribution in [0, 0.1) is 0 Å². The summed E-state index contributed by atoms with van der Waals surface area (Å²) in [5.41, 5.74) is 5.05. The number of benzene rings is 2. The molecule has 3 atom stereocenters. The molecule has 5 heteroatoms. The number of hydrogen-bond acceptors (Lipinski definition) is 4. The van der Waals surface area contributed by atoms with Crippen LogP contribution in [-0.2, 0) is 0 Å². The number of hydrogen-bond donors (Lipinski definition) is 3. The number of nitrogens with one attached hydrogen (secondary N) is 1. The molecule has 26 heavy (non-hydrogen) atoms. The van der Waals surface area contributed by atoms with E-state index in [2.05, 4.69) is 34.5 Å². The molecule has 138 valence electrons. The normalized spacial score (nSPS) is 23.8. The average Bonchev–Trinajstić information content (AvgIpc) is 3.03. The first-order chi connectivity index (χ1) is 12.7. The summed E-state index contributed by atoms with van der Waals surface area (Å²) < 4.78 is 0. The van der Waals surface area contributed by atoms with Crippen molar-refractivity contribution in [2.75, 3.05) is 31.6 Å². The molecule has 1 heterocycles. The summed E-state index contributed by atoms with van der Waals surface area (Å²) in [5, 5.41) is 23.4. The summed E-state index contributed by atoms with van der Waals surface area (Å²) in [6, 6.07) is 15.0. The SMILES string of the molecule is OCCN(CCO)C1CCC2c3c(cccc31)NC2c1ccccc1Cl. The Hall–Kier alpha value is -1.59. The van der Waals surface area contributed by atoms with Crippen LogP contribution in [0.2, 0.25) is 5.02 Å². The number of halogens is 1. The Morgan fingerprint density at radius 3 is 2.42 bits per heavy atom. The quantitative estimate of drug-likeness (QED) is 0.723. The smallest absolute Gasteiger partial charge is 0.0597 e. The lowest BCUT2D eigenvalue weighted by Gasteiger charge is -2.38. The van der Waals surface area contributed by atoms with E-state index in [4.69, 9.17) is 11.6 Å². The summed E-state index contributed by atoms with van der Waals surface area (Å²) >= 11 is 6.49. The Morgan fingerprint density at radius 2 is 1.69 bits per heavy atom. The molecule has 0 bridgehead atoms. The predicted molar refractivity (Wildman–Crippen MR) is 105 cm³/mol. The van der Waals surface area contributed by atoms with Gasteiger partial charge in [0.05, 0.1) is 19.3 Å². The van der Waals surface area contributed by atoms with Gasteiger partial charge in [-0.1, -0.05) is 41.9 Å². The molecule has 4 nitrogen and oxygen atoms in total. The van der Waals surface area contributed by atoms with Crippen molar-refractivity contribution in [1.29, 1.82) is 0 Å². The third-order valence-electron chi connectivity index (χ3n) is 5.79. The van der Waals surface area contributed by atoms with E-state index in [1.165, 1.54) is 16.8 Å². The maximum absolute atomic E-state index is 9.43. The molecule has 0 saturated carbocycles. The number of rotatable bonds is 6. The maximum Gasteiger partial charge on any atom is 0.0597 e. The van der Waals surface area contributed by atoms with Gasteiger partial charge in [-0.25, -0.2) is 0 Å². The van der Waals surface area contributed by atoms with Gasteiger partial charge < -0.3 is 15.5 Å². The first-order valence-corrected chi connectivity index (χ1v) is 9.72. The highest BCUT2D eigenvalue weighted by atomic mass is 35.5. The van der Waals surface area contributed by atoms with E-state index in [9.17, 15) is 10.2 Å². The molecule has 2 aromatic carbocycles. The summed E-state index contributed by atoms with van der Waals surface area (Å²) in [6.07, 6.45) is 2.08. The molecule has 2 aliphatic rings. The van der Waals surface area contributed by atoms with Gasteiger partial charge in [0.25, 0.3) is 0 Å². The minimum Gasteiger partial charge on any atom is -0.395 e. The molecule has 1 aliphatic carbocycles. The van der Waals surface area contributed by atoms with E-state index in [0.29, 0.717) is 19.0 Å². The zero-order valence-electron chi connectivity index (χ0n) is 14.7. The molecule has 2 aromatic rings. The third-order valence-corrected chi connectivity index (χ3v) is 6.13. The standard InChI is InChI=1S/C21H25ClN2O2/c22-17-6-2-1-4-14(17)21-16-8-9-19(24(10-12-25)11-13-26)15-5-3-7-18(23-21)20(15)16/h1-7,16,19,21,23,25-26H,8-13H2. The molecule has 0 amide bonds. The van der Waals surface area contributed by atoms with Gasteiger partial charge in [-0.15, -0.1) is 0 Å². The van der Waals surface area contributed by atoms with E-state index in [-0.39, 0.29) is 25.3 Å². The number of aliphatic hydroxyl groups is 2. The third kappa shape index (κ3) is 3.01. The van der Waals surface area contributed by atoms with Crippen LogP contribution in [0.25, 0.3) is 0 Å². The van der Waals surface area contributed by atoms with Gasteiger partial charge in [-0.2, -0.15) is 0 Å². The van der Waals surface area contributed by atoms with E-state index >= 15 is 0 Å². The second-order valence-electron chi connectivity index (χ2n) is 7.13. The zero-order chi connectivity index (χ0) is 18.1. The van der Waals surface area contributed by atoms with Crippen LogP contribution in [0.5, 0.6) is 0 Å². The molecule has 0 radical (unpaired) electrons. The molecule has 0 saturated heterocycles. The highest BCUT2D eigenvalue weighted by Gasteiger charge is 2.41. The number of anilines is 1. The Labute approximate surface area is 159 Å². The van der Waals surface area contributed by atoms with Crippen molar-refractivity contribution in [1.82, 2.24) is 4.90 Å². The summed E-state index contributed by atoms with van der Waals surface area (Å²) in [4.78, 5) is 2.20. The fourth-order valence-corrected chi connectivity index (χ4v) is 4.99. The second kappa shape index (κ2) is 7.57. The Morgan fingerprint density at radius 1 is 0.962 bits per heavy atom. The monoisotopic (exact) mass is 372 g/mol. The van der Waals surface area contributed by atoms with Crippen molar-refractivity contribution >= 4 is 17.3 Å². The van der Waals surface area contributed by atoms with Gasteiger partial charge in [0.2, 0.25) is 0 Å². The van der Waals surface area contributed by atoms with Crippen LogP contribution < -0.4 is 5.32 Å². The highest BCUT2D eigenvalue weighted by Crippen LogP contribution is 2.54. The van der Waals surface area contributed by atoms with Gasteiger partial charge in [-0.05, 0) is 41.7 Å². The van der Waals surface area contributed by atoms with Crippen molar-refractivity contribution in [3.05, 3.63) is 64.2 Å². The minimum atomic E-state index is 0.107. The van der Waals surface area contributed by atoms with Crippen molar-refractivity contribution < 1.29 is 10.2 Å². The summed E-state index contributed by atoms with van der Waals surface area (Å²) in [7, 11) is 0. The predicted octanol–water partition coefficient (Wildman–Crippen LogP) is 3.71. The lowest BCUT2D eigenvalue weighted by atomic mass is 9.76. The van der Waals surface area contributed by atoms with Crippen LogP contribution in [0.3, 0.4) is 0 Å². The summed E-state index contributed by atoms with van der Waals surface area (Å²) in [6.45, 7) is 1.38. The molecular formula is C21H25ClN2O2. The molecule has 1 aliphatic heterocycles. The second-order valence-corrected chi connectivity index (χ2v) is 7.54. The lowest BCUT2D eigenvalue weighted by molar-refractivity contribution is 0.110. The van der Waals surface area contributed by atoms with Crippen molar-refractivity contribution in [2.24, 2.45) is 0 Å². The minimum absolute atomic E-state index is 0.107. The zero-order valence-corrected chi connectivity index (χ0v) is 15.5. The molecule has 0 spiro atoms. The molecule has 4 rings (SSSR count). The number of nitrogens with zero attached hydrogens (tertiary/aromatic N) is 1. The van der Waals surface area contributed by atoms with Crippen LogP contribution in [0.1, 0.15) is 47.5 Å². The van der Waals surface area contributed by atoms with Gasteiger partial charge in [0.15, 0.2) is 0 Å². The first-order valence-electron chi connectivity index (χ1n) is 9.34. The van der Waals surface area contributed by atoms with Crippen molar-refractivity contribution in [2.45, 2.75) is 30.8 Å². The van der Waals surface area contributed by atoms with E-state index in [1.54, 1.807) is 0 Å². The highest BCUT2D eigenvalue weighted by molar-refractivity contribution is 6.31. The van der Waals surface area contributed by atoms with Crippen LogP contribution in [-0.4, -0.2) is 41.4 Å². The lowest BCUT2D eigenvalue weighted by Crippen LogP contribution is -2.36. The first kappa shape index (κ1) is 17.8.